The van der Waals surface area contributed by atoms with Crippen molar-refractivity contribution < 1.29 is 9.13 Å². The van der Waals surface area contributed by atoms with Crippen LogP contribution in [0.3, 0.4) is 0 Å². The number of aryl methyl sites for hydroxylation is 1. The number of rotatable bonds is 6. The highest BCUT2D eigenvalue weighted by atomic mass is 19.1. The second-order valence-electron chi connectivity index (χ2n) is 4.45. The Balaban J connectivity index is 1.64. The molecule has 0 aliphatic carbocycles. The minimum absolute atomic E-state index is 0.242. The van der Waals surface area contributed by atoms with E-state index in [1.165, 1.54) is 17.7 Å². The fraction of sp³-hybridized carbons (Fsp3) is 0.250. The summed E-state index contributed by atoms with van der Waals surface area (Å²) in [5.41, 5.74) is 2.37. The van der Waals surface area contributed by atoms with E-state index >= 15 is 0 Å². The van der Waals surface area contributed by atoms with Gasteiger partial charge in [-0.25, -0.2) is 4.39 Å². The van der Waals surface area contributed by atoms with E-state index in [2.05, 4.69) is 36.5 Å². The first-order chi connectivity index (χ1) is 9.24. The van der Waals surface area contributed by atoms with Crippen LogP contribution in [-0.2, 0) is 0 Å². The molecule has 0 bridgehead atoms. The third kappa shape index (κ3) is 4.62. The third-order valence-electron chi connectivity index (χ3n) is 2.78. The van der Waals surface area contributed by atoms with Crippen LogP contribution in [0, 0.1) is 12.7 Å². The molecule has 3 heteroatoms. The van der Waals surface area contributed by atoms with E-state index in [-0.39, 0.29) is 5.82 Å². The van der Waals surface area contributed by atoms with Crippen LogP contribution in [0.5, 0.6) is 5.75 Å². The van der Waals surface area contributed by atoms with Crippen molar-refractivity contribution >= 4 is 5.69 Å². The normalized spacial score (nSPS) is 10.2. The Bertz CT molecular complexity index is 446. The van der Waals surface area contributed by atoms with Crippen molar-refractivity contribution in [1.29, 1.82) is 0 Å². The molecule has 1 N–H and O–H groups in total. The molecular weight excluding hydrogens is 241 g/mol. The molecule has 0 saturated carbocycles. The van der Waals surface area contributed by atoms with E-state index in [1.807, 2.05) is 0 Å². The lowest BCUT2D eigenvalue weighted by Crippen LogP contribution is -2.07. The van der Waals surface area contributed by atoms with Gasteiger partial charge in [-0.2, -0.15) is 0 Å². The molecule has 0 saturated heterocycles. The van der Waals surface area contributed by atoms with Gasteiger partial charge in [0.15, 0.2) is 0 Å². The summed E-state index contributed by atoms with van der Waals surface area (Å²) in [6.45, 7) is 3.54. The average Bonchev–Trinajstić information content (AvgIpc) is 2.43. The molecule has 0 heterocycles. The third-order valence-corrected chi connectivity index (χ3v) is 2.78. The quantitative estimate of drug-likeness (QED) is 0.791. The van der Waals surface area contributed by atoms with Gasteiger partial charge in [0.2, 0.25) is 0 Å². The Hall–Kier alpha value is -2.03. The van der Waals surface area contributed by atoms with Crippen molar-refractivity contribution in [1.82, 2.24) is 0 Å². The highest BCUT2D eigenvalue weighted by Gasteiger charge is 1.95. The molecular formula is C16H18FNO. The number of hydrogen-bond donors (Lipinski definition) is 1. The fourth-order valence-corrected chi connectivity index (χ4v) is 1.70. The summed E-state index contributed by atoms with van der Waals surface area (Å²) in [6.07, 6.45) is 0.894. The second-order valence-corrected chi connectivity index (χ2v) is 4.45. The average molecular weight is 259 g/mol. The Morgan fingerprint density at radius 1 is 1.00 bits per heavy atom. The standard InChI is InChI=1S/C16H18FNO/c1-13-3-7-15(8-4-13)18-11-2-12-19-16-9-5-14(17)6-10-16/h3-10,18H,2,11-12H2,1H3. The molecule has 0 aromatic heterocycles. The summed E-state index contributed by atoms with van der Waals surface area (Å²) >= 11 is 0. The van der Waals surface area contributed by atoms with Crippen LogP contribution in [-0.4, -0.2) is 13.2 Å². The highest BCUT2D eigenvalue weighted by molar-refractivity contribution is 5.44. The molecule has 0 aliphatic heterocycles. The van der Waals surface area contributed by atoms with Gasteiger partial charge in [0.1, 0.15) is 11.6 Å². The first-order valence-corrected chi connectivity index (χ1v) is 6.43. The van der Waals surface area contributed by atoms with Crippen molar-refractivity contribution in [3.8, 4) is 5.75 Å². The molecule has 2 rings (SSSR count). The Kier molecular flexibility index (Phi) is 4.78. The molecule has 2 aromatic rings. The molecule has 0 aliphatic rings. The topological polar surface area (TPSA) is 21.3 Å². The highest BCUT2D eigenvalue weighted by Crippen LogP contribution is 2.11. The van der Waals surface area contributed by atoms with Crippen LogP contribution >= 0.6 is 0 Å². The Morgan fingerprint density at radius 2 is 1.68 bits per heavy atom. The fourth-order valence-electron chi connectivity index (χ4n) is 1.70. The molecule has 0 fully saturated rings. The number of benzene rings is 2. The summed E-state index contributed by atoms with van der Waals surface area (Å²) in [7, 11) is 0. The van der Waals surface area contributed by atoms with Crippen LogP contribution in [0.25, 0.3) is 0 Å². The number of anilines is 1. The first kappa shape index (κ1) is 13.4. The van der Waals surface area contributed by atoms with Crippen molar-refractivity contribution in [2.75, 3.05) is 18.5 Å². The predicted molar refractivity (Wildman–Crippen MR) is 76.2 cm³/mol. The van der Waals surface area contributed by atoms with Crippen molar-refractivity contribution in [3.63, 3.8) is 0 Å². The zero-order valence-electron chi connectivity index (χ0n) is 11.0. The molecule has 100 valence electrons. The lowest BCUT2D eigenvalue weighted by atomic mass is 10.2. The monoisotopic (exact) mass is 259 g/mol. The maximum absolute atomic E-state index is 12.7. The lowest BCUT2D eigenvalue weighted by molar-refractivity contribution is 0.314. The maximum Gasteiger partial charge on any atom is 0.123 e. The van der Waals surface area contributed by atoms with E-state index in [0.717, 1.165) is 18.7 Å². The van der Waals surface area contributed by atoms with Gasteiger partial charge in [0, 0.05) is 12.2 Å². The van der Waals surface area contributed by atoms with Crippen LogP contribution in [0.2, 0.25) is 0 Å². The van der Waals surface area contributed by atoms with Crippen molar-refractivity contribution in [3.05, 3.63) is 59.9 Å². The van der Waals surface area contributed by atoms with E-state index in [1.54, 1.807) is 12.1 Å². The number of halogens is 1. The first-order valence-electron chi connectivity index (χ1n) is 6.43. The molecule has 19 heavy (non-hydrogen) atoms. The number of nitrogens with one attached hydrogen (secondary N) is 1. The summed E-state index contributed by atoms with van der Waals surface area (Å²) in [5.74, 6) is 0.463. The van der Waals surface area contributed by atoms with Gasteiger partial charge in [-0.1, -0.05) is 17.7 Å². The SMILES string of the molecule is Cc1ccc(NCCCOc2ccc(F)cc2)cc1. The van der Waals surface area contributed by atoms with Gasteiger partial charge >= 0.3 is 0 Å². The number of hydrogen-bond acceptors (Lipinski definition) is 2. The summed E-state index contributed by atoms with van der Waals surface area (Å²) < 4.78 is 18.2. The van der Waals surface area contributed by atoms with Crippen LogP contribution < -0.4 is 10.1 Å². The summed E-state index contributed by atoms with van der Waals surface area (Å²) in [6, 6.07) is 14.4. The number of ether oxygens (including phenoxy) is 1. The van der Waals surface area contributed by atoms with E-state index in [4.69, 9.17) is 4.74 Å². The van der Waals surface area contributed by atoms with E-state index in [9.17, 15) is 4.39 Å². The molecule has 2 nitrogen and oxygen atoms in total. The van der Waals surface area contributed by atoms with Gasteiger partial charge in [-0.15, -0.1) is 0 Å². The molecule has 0 amide bonds. The van der Waals surface area contributed by atoms with E-state index < -0.39 is 0 Å². The van der Waals surface area contributed by atoms with Gasteiger partial charge in [0.05, 0.1) is 6.61 Å². The van der Waals surface area contributed by atoms with Gasteiger partial charge < -0.3 is 10.1 Å². The molecule has 0 atom stereocenters. The van der Waals surface area contributed by atoms with Crippen LogP contribution in [0.15, 0.2) is 48.5 Å². The Morgan fingerprint density at radius 3 is 2.37 bits per heavy atom. The molecule has 0 unspecified atom stereocenters. The largest absolute Gasteiger partial charge is 0.494 e. The van der Waals surface area contributed by atoms with Gasteiger partial charge in [-0.3, -0.25) is 0 Å². The molecule has 2 aromatic carbocycles. The zero-order chi connectivity index (χ0) is 13.5. The van der Waals surface area contributed by atoms with Crippen molar-refractivity contribution in [2.24, 2.45) is 0 Å². The van der Waals surface area contributed by atoms with Crippen LogP contribution in [0.4, 0.5) is 10.1 Å². The van der Waals surface area contributed by atoms with Gasteiger partial charge in [0.25, 0.3) is 0 Å². The molecule has 0 radical (unpaired) electrons. The second kappa shape index (κ2) is 6.78. The van der Waals surface area contributed by atoms with Crippen LogP contribution in [0.1, 0.15) is 12.0 Å². The van der Waals surface area contributed by atoms with E-state index in [0.29, 0.717) is 12.4 Å². The summed E-state index contributed by atoms with van der Waals surface area (Å²) in [5, 5.41) is 3.33. The molecule has 0 spiro atoms. The summed E-state index contributed by atoms with van der Waals surface area (Å²) in [4.78, 5) is 0. The maximum atomic E-state index is 12.7. The smallest absolute Gasteiger partial charge is 0.123 e. The lowest BCUT2D eigenvalue weighted by Gasteiger charge is -2.08. The van der Waals surface area contributed by atoms with Gasteiger partial charge in [-0.05, 0) is 49.7 Å². The predicted octanol–water partition coefficient (Wildman–Crippen LogP) is 4.02. The zero-order valence-corrected chi connectivity index (χ0v) is 11.0. The minimum Gasteiger partial charge on any atom is -0.494 e. The van der Waals surface area contributed by atoms with Crippen molar-refractivity contribution in [2.45, 2.75) is 13.3 Å². The Labute approximate surface area is 113 Å². The minimum atomic E-state index is -0.242.